The molecule has 1 aromatic heterocycles. The van der Waals surface area contributed by atoms with Gasteiger partial charge in [-0.15, -0.1) is 0 Å². The van der Waals surface area contributed by atoms with Crippen molar-refractivity contribution in [3.8, 4) is 22.8 Å². The van der Waals surface area contributed by atoms with Crippen LogP contribution in [0.5, 0.6) is 11.5 Å². The molecule has 0 saturated heterocycles. The van der Waals surface area contributed by atoms with E-state index in [1.807, 2.05) is 12.3 Å². The van der Waals surface area contributed by atoms with Crippen molar-refractivity contribution in [2.75, 3.05) is 19.6 Å². The first kappa shape index (κ1) is 23.2. The van der Waals surface area contributed by atoms with Crippen molar-refractivity contribution in [2.45, 2.75) is 52.6 Å². The number of halogens is 1. The summed E-state index contributed by atoms with van der Waals surface area (Å²) in [5.41, 5.74) is 1.52. The van der Waals surface area contributed by atoms with Crippen LogP contribution in [-0.2, 0) is 6.54 Å². The van der Waals surface area contributed by atoms with E-state index < -0.39 is 6.36 Å². The molecule has 3 unspecified atom stereocenters. The summed E-state index contributed by atoms with van der Waals surface area (Å²) in [7, 11) is 2.13. The largest absolute Gasteiger partial charge is 0.476 e. The van der Waals surface area contributed by atoms with Gasteiger partial charge in [0.05, 0.1) is 21.7 Å². The topological polar surface area (TPSA) is 68.9 Å². The van der Waals surface area contributed by atoms with Crippen LogP contribution < -0.4 is 9.26 Å². The first-order valence-electron chi connectivity index (χ1n) is 9.90. The van der Waals surface area contributed by atoms with Crippen LogP contribution in [-0.4, -0.2) is 46.7 Å². The Morgan fingerprint density at radius 3 is 2.55 bits per heavy atom. The van der Waals surface area contributed by atoms with Crippen molar-refractivity contribution in [2.24, 2.45) is 5.18 Å². The third kappa shape index (κ3) is 7.05. The van der Waals surface area contributed by atoms with Crippen LogP contribution in [0.25, 0.3) is 11.3 Å². The summed E-state index contributed by atoms with van der Waals surface area (Å²) in [4.78, 5) is 13.6. The molecule has 3 atom stereocenters. The lowest BCUT2D eigenvalue weighted by atomic mass is 10.1. The Kier molecular flexibility index (Phi) is 9.48. The van der Waals surface area contributed by atoms with Gasteiger partial charge < -0.3 is 14.2 Å². The van der Waals surface area contributed by atoms with Gasteiger partial charge >= 0.3 is 0 Å². The molecule has 2 aromatic rings. The number of nitroso groups, excluding NO2 is 1. The summed E-state index contributed by atoms with van der Waals surface area (Å²) in [6, 6.07) is 6.66. The second-order valence-corrected chi connectivity index (χ2v) is 7.16. The van der Waals surface area contributed by atoms with Crippen LogP contribution in [0.2, 0.25) is 0 Å². The van der Waals surface area contributed by atoms with E-state index in [0.717, 1.165) is 37.2 Å². The van der Waals surface area contributed by atoms with Crippen LogP contribution in [0, 0.1) is 4.91 Å². The SMILES string of the molecule is CCCN(CCC)CC(Cn1ccc(-c2ccc(OC(C)F)c(OP)c2)n1)N=O. The van der Waals surface area contributed by atoms with Gasteiger partial charge in [0.1, 0.15) is 6.04 Å². The molecule has 9 heteroatoms. The summed E-state index contributed by atoms with van der Waals surface area (Å²) in [5.74, 6) is 0.712. The molecule has 1 heterocycles. The fourth-order valence-electron chi connectivity index (χ4n) is 3.21. The second-order valence-electron chi connectivity index (χ2n) is 6.92. The average molecular weight is 424 g/mol. The van der Waals surface area contributed by atoms with Crippen molar-refractivity contribution in [1.29, 1.82) is 0 Å². The highest BCUT2D eigenvalue weighted by Gasteiger charge is 2.16. The van der Waals surface area contributed by atoms with Crippen molar-refractivity contribution in [3.63, 3.8) is 0 Å². The predicted molar refractivity (Wildman–Crippen MR) is 116 cm³/mol. The van der Waals surface area contributed by atoms with Gasteiger partial charge in [-0.25, -0.2) is 4.39 Å². The Balaban J connectivity index is 2.10. The van der Waals surface area contributed by atoms with Crippen molar-refractivity contribution in [1.82, 2.24) is 14.7 Å². The van der Waals surface area contributed by atoms with E-state index in [4.69, 9.17) is 9.26 Å². The molecule has 0 spiro atoms. The van der Waals surface area contributed by atoms with Crippen LogP contribution in [0.3, 0.4) is 0 Å². The zero-order valence-electron chi connectivity index (χ0n) is 17.3. The maximum absolute atomic E-state index is 13.1. The summed E-state index contributed by atoms with van der Waals surface area (Å²) in [5, 5.41) is 7.86. The third-order valence-corrected chi connectivity index (χ3v) is 4.65. The molecule has 0 aliphatic carbocycles. The predicted octanol–water partition coefficient (Wildman–Crippen LogP) is 4.67. The van der Waals surface area contributed by atoms with Crippen molar-refractivity contribution < 1.29 is 13.7 Å². The number of ether oxygens (including phenoxy) is 1. The Morgan fingerprint density at radius 1 is 1.24 bits per heavy atom. The van der Waals surface area contributed by atoms with Crippen LogP contribution >= 0.6 is 9.47 Å². The van der Waals surface area contributed by atoms with Gasteiger partial charge in [0.25, 0.3) is 0 Å². The molecule has 160 valence electrons. The molecule has 0 radical (unpaired) electrons. The minimum atomic E-state index is -1.44. The third-order valence-electron chi connectivity index (χ3n) is 4.39. The number of benzene rings is 1. The lowest BCUT2D eigenvalue weighted by Gasteiger charge is -2.23. The highest BCUT2D eigenvalue weighted by Crippen LogP contribution is 2.34. The van der Waals surface area contributed by atoms with E-state index in [9.17, 15) is 9.30 Å². The monoisotopic (exact) mass is 424 g/mol. The summed E-state index contributed by atoms with van der Waals surface area (Å²) in [6.45, 7) is 8.51. The fraction of sp³-hybridized carbons (Fsp3) is 0.550. The number of hydrogen-bond acceptors (Lipinski definition) is 6. The molecule has 0 bridgehead atoms. The fourth-order valence-corrected chi connectivity index (χ4v) is 3.40. The number of hydrogen-bond donors (Lipinski definition) is 0. The molecular weight excluding hydrogens is 394 g/mol. The normalized spacial score (nSPS) is 13.3. The Morgan fingerprint density at radius 2 is 1.97 bits per heavy atom. The van der Waals surface area contributed by atoms with Gasteiger partial charge in [0, 0.05) is 25.2 Å². The Labute approximate surface area is 173 Å². The maximum Gasteiger partial charge on any atom is 0.236 e. The van der Waals surface area contributed by atoms with E-state index in [-0.39, 0.29) is 6.04 Å². The number of nitrogens with zero attached hydrogens (tertiary/aromatic N) is 4. The summed E-state index contributed by atoms with van der Waals surface area (Å²) >= 11 is 0. The van der Waals surface area contributed by atoms with Gasteiger partial charge in [-0.1, -0.05) is 19.0 Å². The molecule has 0 aliphatic rings. The maximum atomic E-state index is 13.1. The molecule has 29 heavy (non-hydrogen) atoms. The Hall–Kier alpha value is -2.05. The highest BCUT2D eigenvalue weighted by atomic mass is 31.0. The first-order chi connectivity index (χ1) is 14.0. The van der Waals surface area contributed by atoms with E-state index in [1.54, 1.807) is 22.9 Å². The number of aromatic nitrogens is 2. The summed E-state index contributed by atoms with van der Waals surface area (Å²) in [6.07, 6.45) is 2.47. The lowest BCUT2D eigenvalue weighted by Crippen LogP contribution is -2.35. The number of alkyl halides is 1. The van der Waals surface area contributed by atoms with Gasteiger partial charge in [-0.3, -0.25) is 4.68 Å². The van der Waals surface area contributed by atoms with Gasteiger partial charge in [-0.05, 0) is 50.2 Å². The van der Waals surface area contributed by atoms with E-state index in [1.165, 1.54) is 6.92 Å². The molecule has 0 N–H and O–H groups in total. The van der Waals surface area contributed by atoms with Gasteiger partial charge in [0.15, 0.2) is 11.5 Å². The molecular formula is C20H30FN4O3P. The average Bonchev–Trinajstić information content (AvgIpc) is 3.16. The minimum Gasteiger partial charge on any atom is -0.476 e. The van der Waals surface area contributed by atoms with Crippen LogP contribution in [0.4, 0.5) is 4.39 Å². The van der Waals surface area contributed by atoms with E-state index in [2.05, 4.69) is 38.5 Å². The van der Waals surface area contributed by atoms with Gasteiger partial charge in [0.2, 0.25) is 6.36 Å². The zero-order valence-corrected chi connectivity index (χ0v) is 18.4. The van der Waals surface area contributed by atoms with Crippen molar-refractivity contribution >= 4 is 9.47 Å². The first-order valence-corrected chi connectivity index (χ1v) is 10.4. The molecule has 0 saturated carbocycles. The van der Waals surface area contributed by atoms with Crippen LogP contribution in [0.1, 0.15) is 33.6 Å². The van der Waals surface area contributed by atoms with Crippen LogP contribution in [0.15, 0.2) is 35.6 Å². The standard InChI is InChI=1S/C20H30FN4O3P/c1-4-9-24(10-5-2)13-17(23-26)14-25-11-8-18(22-25)16-6-7-19(27-15(3)21)20(12-16)28-29/h6-8,11-12,15,17H,4-5,9-10,13-14,29H2,1-3H3. The van der Waals surface area contributed by atoms with Crippen molar-refractivity contribution in [3.05, 3.63) is 35.4 Å². The summed E-state index contributed by atoms with van der Waals surface area (Å²) < 4.78 is 25.2. The molecule has 0 amide bonds. The Bertz CT molecular complexity index is 766. The molecule has 0 aliphatic heterocycles. The highest BCUT2D eigenvalue weighted by molar-refractivity contribution is 7.10. The second kappa shape index (κ2) is 11.8. The quantitative estimate of drug-likeness (QED) is 0.345. The molecule has 2 rings (SSSR count). The molecule has 1 aromatic carbocycles. The molecule has 7 nitrogen and oxygen atoms in total. The van der Waals surface area contributed by atoms with E-state index >= 15 is 0 Å². The minimum absolute atomic E-state index is 0.315. The van der Waals surface area contributed by atoms with E-state index in [0.29, 0.717) is 24.6 Å². The lowest BCUT2D eigenvalue weighted by molar-refractivity contribution is 0.0842. The van der Waals surface area contributed by atoms with Gasteiger partial charge in [-0.2, -0.15) is 10.0 Å². The number of rotatable bonds is 13. The molecule has 0 fully saturated rings. The zero-order chi connectivity index (χ0) is 21.2. The smallest absolute Gasteiger partial charge is 0.236 e.